The molecule has 1 atom stereocenters. The van der Waals surface area contributed by atoms with Gasteiger partial charge in [0.2, 0.25) is 11.5 Å². The second kappa shape index (κ2) is 11.7. The maximum absolute atomic E-state index is 14.7. The Morgan fingerprint density at radius 3 is 2.42 bits per heavy atom. The van der Waals surface area contributed by atoms with E-state index < -0.39 is 48.1 Å². The van der Waals surface area contributed by atoms with Crippen molar-refractivity contribution in [3.05, 3.63) is 71.3 Å². The molecule has 0 bridgehead atoms. The van der Waals surface area contributed by atoms with Gasteiger partial charge in [0, 0.05) is 28.3 Å². The number of pyridine rings is 1. The minimum atomic E-state index is -5.35. The molecule has 1 saturated carbocycles. The first-order valence-electron chi connectivity index (χ1n) is 14.1. The minimum absolute atomic E-state index is 0.0227. The second-order valence-corrected chi connectivity index (χ2v) is 11.2. The number of hydrogen-bond donors (Lipinski definition) is 3. The monoisotopic (exact) mass is 629 g/mol. The number of primary amides is 1. The number of benzene rings is 2. The predicted molar refractivity (Wildman–Crippen MR) is 155 cm³/mol. The van der Waals surface area contributed by atoms with Crippen LogP contribution in [-0.2, 0) is 22.4 Å². The van der Waals surface area contributed by atoms with Gasteiger partial charge in [-0.15, -0.1) is 0 Å². The number of nitrogens with two attached hydrogens (primary N) is 1. The van der Waals surface area contributed by atoms with Crippen molar-refractivity contribution in [1.82, 2.24) is 20.1 Å². The van der Waals surface area contributed by atoms with Crippen LogP contribution in [0.5, 0.6) is 11.5 Å². The summed E-state index contributed by atoms with van der Waals surface area (Å²) in [5.74, 6) is -2.22. The molecule has 238 valence electrons. The fraction of sp³-hybridized carbons (Fsp3) is 0.355. The summed E-state index contributed by atoms with van der Waals surface area (Å²) >= 11 is 0. The lowest BCUT2D eigenvalue weighted by Gasteiger charge is -2.31. The fourth-order valence-electron chi connectivity index (χ4n) is 4.95. The van der Waals surface area contributed by atoms with Gasteiger partial charge in [0.1, 0.15) is 28.5 Å². The standard InChI is InChI=1S/C31H31F4N5O5/c1-4-45-27-18(14-24(36)41)13-23(38-26(27)17-5-7-21(32)8-6-17)30(43,31(33,34)35)16-37-28(42)19-11-20-15-40(29(2)9-10-29)39-25(20)22(12-19)44-3/h5-8,11-13,15,43H,4,9-10,14,16H2,1-3H3,(H2,36,41)(H,37,42)/t30-/m0/s1. The number of fused-ring (bicyclic) bond motifs is 1. The molecule has 1 aliphatic carbocycles. The van der Waals surface area contributed by atoms with Crippen LogP contribution in [0.4, 0.5) is 17.6 Å². The summed E-state index contributed by atoms with van der Waals surface area (Å²) in [5.41, 5.74) is 0.918. The highest BCUT2D eigenvalue weighted by Gasteiger charge is 2.57. The first kappa shape index (κ1) is 31.7. The van der Waals surface area contributed by atoms with E-state index in [0.717, 1.165) is 31.0 Å². The van der Waals surface area contributed by atoms with E-state index in [1.54, 1.807) is 17.8 Å². The number of nitrogens with zero attached hydrogens (tertiary/aromatic N) is 3. The van der Waals surface area contributed by atoms with Gasteiger partial charge in [-0.2, -0.15) is 18.3 Å². The van der Waals surface area contributed by atoms with E-state index >= 15 is 0 Å². The maximum Gasteiger partial charge on any atom is 0.424 e. The zero-order valence-electron chi connectivity index (χ0n) is 24.7. The molecule has 5 rings (SSSR count). The van der Waals surface area contributed by atoms with E-state index in [0.29, 0.717) is 10.9 Å². The normalized spacial score (nSPS) is 15.4. The summed E-state index contributed by atoms with van der Waals surface area (Å²) in [6.45, 7) is 2.35. The van der Waals surface area contributed by atoms with Crippen molar-refractivity contribution in [2.24, 2.45) is 5.73 Å². The Labute approximate surface area is 255 Å². The highest BCUT2D eigenvalue weighted by atomic mass is 19.4. The van der Waals surface area contributed by atoms with Crippen LogP contribution < -0.4 is 20.5 Å². The molecule has 0 aliphatic heterocycles. The average molecular weight is 630 g/mol. The number of aromatic nitrogens is 3. The van der Waals surface area contributed by atoms with Crippen molar-refractivity contribution in [2.45, 2.75) is 50.4 Å². The summed E-state index contributed by atoms with van der Waals surface area (Å²) in [6, 6.07) is 8.37. The molecule has 4 aromatic rings. The minimum Gasteiger partial charge on any atom is -0.494 e. The summed E-state index contributed by atoms with van der Waals surface area (Å²) in [5, 5.41) is 18.5. The zero-order chi connectivity index (χ0) is 32.7. The quantitative estimate of drug-likeness (QED) is 0.209. The van der Waals surface area contributed by atoms with Crippen molar-refractivity contribution in [3.63, 3.8) is 0 Å². The third-order valence-electron chi connectivity index (χ3n) is 7.80. The smallest absolute Gasteiger partial charge is 0.424 e. The van der Waals surface area contributed by atoms with Crippen LogP contribution in [0.2, 0.25) is 0 Å². The fourth-order valence-corrected chi connectivity index (χ4v) is 4.95. The number of rotatable bonds is 11. The van der Waals surface area contributed by atoms with Crippen LogP contribution in [0.1, 0.15) is 48.3 Å². The van der Waals surface area contributed by atoms with E-state index in [4.69, 9.17) is 15.2 Å². The molecule has 1 fully saturated rings. The molecule has 0 unspecified atom stereocenters. The summed E-state index contributed by atoms with van der Waals surface area (Å²) in [6.07, 6.45) is -2.31. The van der Waals surface area contributed by atoms with Crippen LogP contribution in [-0.4, -0.2) is 58.1 Å². The van der Waals surface area contributed by atoms with Gasteiger partial charge in [-0.3, -0.25) is 14.3 Å². The van der Waals surface area contributed by atoms with E-state index in [-0.39, 0.29) is 46.0 Å². The Bertz CT molecular complexity index is 1770. The number of aliphatic hydroxyl groups is 1. The largest absolute Gasteiger partial charge is 0.494 e. The van der Waals surface area contributed by atoms with Crippen LogP contribution in [0, 0.1) is 5.82 Å². The van der Waals surface area contributed by atoms with Crippen LogP contribution in [0.15, 0.2) is 48.7 Å². The second-order valence-electron chi connectivity index (χ2n) is 11.2. The molecular weight excluding hydrogens is 598 g/mol. The lowest BCUT2D eigenvalue weighted by Crippen LogP contribution is -2.51. The van der Waals surface area contributed by atoms with Gasteiger partial charge < -0.3 is 25.6 Å². The van der Waals surface area contributed by atoms with Crippen LogP contribution >= 0.6 is 0 Å². The zero-order valence-corrected chi connectivity index (χ0v) is 24.7. The molecule has 2 aromatic carbocycles. The van der Waals surface area contributed by atoms with Crippen molar-refractivity contribution in [1.29, 1.82) is 0 Å². The summed E-state index contributed by atoms with van der Waals surface area (Å²) in [4.78, 5) is 29.2. The van der Waals surface area contributed by atoms with Gasteiger partial charge in [0.05, 0.1) is 37.9 Å². The summed E-state index contributed by atoms with van der Waals surface area (Å²) in [7, 11) is 1.39. The van der Waals surface area contributed by atoms with Crippen molar-refractivity contribution >= 4 is 22.7 Å². The number of carbonyl (C=O) groups is 2. The molecule has 4 N–H and O–H groups in total. The Balaban J connectivity index is 1.54. The lowest BCUT2D eigenvalue weighted by molar-refractivity contribution is -0.265. The number of amides is 2. The molecule has 0 radical (unpaired) electrons. The van der Waals surface area contributed by atoms with Crippen LogP contribution in [0.3, 0.4) is 0 Å². The van der Waals surface area contributed by atoms with Crippen molar-refractivity contribution < 1.29 is 41.7 Å². The number of halogens is 4. The molecule has 14 heteroatoms. The number of carbonyl (C=O) groups excluding carboxylic acids is 2. The highest BCUT2D eigenvalue weighted by molar-refractivity contribution is 6.00. The maximum atomic E-state index is 14.7. The predicted octanol–water partition coefficient (Wildman–Crippen LogP) is 4.36. The SMILES string of the molecule is CCOc1c(CC(N)=O)cc([C@@](O)(CNC(=O)c2cc(OC)c3nn(C4(C)CC4)cc3c2)C(F)(F)F)nc1-c1ccc(F)cc1. The Morgan fingerprint density at radius 2 is 1.84 bits per heavy atom. The number of alkyl halides is 3. The van der Waals surface area contributed by atoms with Crippen molar-refractivity contribution in [2.75, 3.05) is 20.3 Å². The van der Waals surface area contributed by atoms with E-state index in [2.05, 4.69) is 15.4 Å². The molecule has 2 amide bonds. The third kappa shape index (κ3) is 6.14. The van der Waals surface area contributed by atoms with Gasteiger partial charge in [0.15, 0.2) is 0 Å². The molecule has 10 nitrogen and oxygen atoms in total. The molecule has 45 heavy (non-hydrogen) atoms. The van der Waals surface area contributed by atoms with Gasteiger partial charge in [-0.25, -0.2) is 9.37 Å². The molecular formula is C31H31F4N5O5. The average Bonchev–Trinajstić information content (AvgIpc) is 3.58. The van der Waals surface area contributed by atoms with E-state index in [9.17, 15) is 32.3 Å². The molecule has 0 saturated heterocycles. The van der Waals surface area contributed by atoms with E-state index in [1.807, 2.05) is 6.92 Å². The van der Waals surface area contributed by atoms with Crippen LogP contribution in [0.25, 0.3) is 22.2 Å². The van der Waals surface area contributed by atoms with Gasteiger partial charge >= 0.3 is 6.18 Å². The van der Waals surface area contributed by atoms with Gasteiger partial charge in [0.25, 0.3) is 5.91 Å². The number of ether oxygens (including phenoxy) is 2. The highest BCUT2D eigenvalue weighted by Crippen LogP contribution is 2.44. The molecule has 0 spiro atoms. The number of nitrogens with one attached hydrogen (secondary N) is 1. The first-order valence-corrected chi connectivity index (χ1v) is 14.1. The third-order valence-corrected chi connectivity index (χ3v) is 7.80. The summed E-state index contributed by atoms with van der Waals surface area (Å²) < 4.78 is 70.5. The van der Waals surface area contributed by atoms with Gasteiger partial charge in [-0.1, -0.05) is 0 Å². The topological polar surface area (TPSA) is 142 Å². The Hall–Kier alpha value is -4.72. The molecule has 1 aliphatic rings. The molecule has 2 heterocycles. The molecule has 2 aromatic heterocycles. The Kier molecular flexibility index (Phi) is 8.21. The Morgan fingerprint density at radius 1 is 1.16 bits per heavy atom. The lowest BCUT2D eigenvalue weighted by atomic mass is 9.93. The van der Waals surface area contributed by atoms with E-state index in [1.165, 1.54) is 31.4 Å². The first-order chi connectivity index (χ1) is 21.2. The van der Waals surface area contributed by atoms with Crippen molar-refractivity contribution in [3.8, 4) is 22.8 Å². The number of methoxy groups -OCH3 is 1. The van der Waals surface area contributed by atoms with Gasteiger partial charge in [-0.05, 0) is 69.2 Å². The number of hydrogen-bond acceptors (Lipinski definition) is 7.